The molecule has 0 atom stereocenters. The first-order valence-corrected chi connectivity index (χ1v) is 23.7. The van der Waals surface area contributed by atoms with E-state index in [2.05, 4.69) is 175 Å². The fraction of sp³-hybridized carbons (Fsp3) is 0.0962. The maximum absolute atomic E-state index is 5.80. The summed E-state index contributed by atoms with van der Waals surface area (Å²) in [5.41, 5.74) is 12.6. The number of rotatable bonds is 9. The second kappa shape index (κ2) is 17.3. The van der Waals surface area contributed by atoms with Gasteiger partial charge >= 0.3 is 363 Å². The zero-order valence-corrected chi connectivity index (χ0v) is 37.1. The monoisotopic (exact) mass is 976 g/mol. The molecule has 59 heavy (non-hydrogen) atoms. The van der Waals surface area contributed by atoms with Crippen LogP contribution in [0.25, 0.3) is 56.2 Å². The molecule has 0 N–H and O–H groups in total. The molecule has 1 saturated carbocycles. The van der Waals surface area contributed by atoms with Crippen molar-refractivity contribution in [2.24, 2.45) is 0 Å². The molecule has 4 nitrogen and oxygen atoms in total. The van der Waals surface area contributed by atoms with Crippen molar-refractivity contribution in [2.45, 2.75) is 33.1 Å². The van der Waals surface area contributed by atoms with Gasteiger partial charge in [0.25, 0.3) is 0 Å². The summed E-state index contributed by atoms with van der Waals surface area (Å²) < 4.78 is 14.2. The van der Waals surface area contributed by atoms with Gasteiger partial charge in [-0.1, -0.05) is 0 Å². The van der Waals surface area contributed by atoms with Crippen LogP contribution in [0.15, 0.2) is 186 Å². The fourth-order valence-electron chi connectivity index (χ4n) is 8.52. The van der Waals surface area contributed by atoms with Crippen LogP contribution in [0, 0.1) is 4.37 Å². The van der Waals surface area contributed by atoms with Crippen LogP contribution in [0.3, 0.4) is 0 Å². The van der Waals surface area contributed by atoms with Crippen molar-refractivity contribution < 1.29 is 17.9 Å². The van der Waals surface area contributed by atoms with Gasteiger partial charge in [-0.15, -0.1) is 0 Å². The number of nitrogens with zero attached hydrogens (tertiary/aromatic N) is 4. The first-order chi connectivity index (χ1) is 29.2. The van der Waals surface area contributed by atoms with Gasteiger partial charge in [0.15, 0.2) is 0 Å². The van der Waals surface area contributed by atoms with Gasteiger partial charge in [-0.05, 0) is 0 Å². The van der Waals surface area contributed by atoms with E-state index < -0.39 is 7.26 Å². The summed E-state index contributed by atoms with van der Waals surface area (Å²) in [4.78, 5) is 11.5. The van der Waals surface area contributed by atoms with E-state index in [0.29, 0.717) is 0 Å². The molecule has 6 aromatic carbocycles. The summed E-state index contributed by atoms with van der Waals surface area (Å²) in [5.74, 6) is 0. The molecule has 287 valence electrons. The molecule has 0 amide bonds. The Morgan fingerprint density at radius 3 is 1.56 bits per heavy atom. The Morgan fingerprint density at radius 1 is 0.593 bits per heavy atom. The summed E-state index contributed by atoms with van der Waals surface area (Å²) in [6, 6.07) is 54.1. The van der Waals surface area contributed by atoms with Crippen LogP contribution < -0.4 is 15.9 Å². The Labute approximate surface area is 360 Å². The van der Waals surface area contributed by atoms with Gasteiger partial charge in [0.1, 0.15) is 0 Å². The summed E-state index contributed by atoms with van der Waals surface area (Å²) in [6.45, 7) is 4.21. The van der Waals surface area contributed by atoms with Gasteiger partial charge in [0.2, 0.25) is 0 Å². The van der Waals surface area contributed by atoms with E-state index >= 15 is 0 Å². The van der Waals surface area contributed by atoms with Crippen molar-refractivity contribution in [1.29, 1.82) is 0 Å². The second-order valence-corrected chi connectivity index (χ2v) is 19.0. The molecule has 1 fully saturated rings. The van der Waals surface area contributed by atoms with E-state index in [9.17, 15) is 0 Å². The molecule has 7 heteroatoms. The maximum atomic E-state index is 5.80. The van der Waals surface area contributed by atoms with Crippen LogP contribution in [0.5, 0.6) is 0 Å². The Hall–Kier alpha value is -5.71. The standard InChI is InChI=1S/C52H41N4PS.Os/c1-4-22-44-49-51(54-48(39-25-13-7-14-26-39)47(53-49)38-23-11-6-12-24-38)46(52-50(44)55-58-56-52)45(35-40-28-21-27-37(40)5-2)36(3)57(41-29-15-8-16-30-41,42-31-17-9-18-32-42)43-33-19-10-20-34-43;/h4-20,22-26,29-35H,21,27-28H2,1-2H3;/q+1;/b22-4+,37-5?,40-35?,45-36?;. The SMILES string of the molecule is CC=C1CCCC1=CC(=C([C]#[Os])[P+](c1ccccc1)(c1ccccc1)c1ccccc1)c1c2nsnc2c(/C=C/C)c2nc(-c3ccccc3)c(-c3ccccc3)nc12. The van der Waals surface area contributed by atoms with E-state index in [-0.39, 0.29) is 0 Å². The van der Waals surface area contributed by atoms with Crippen molar-refractivity contribution in [3.8, 4) is 26.9 Å². The number of aromatic nitrogens is 4. The summed E-state index contributed by atoms with van der Waals surface area (Å²) >= 11 is 3.05. The quantitative estimate of drug-likeness (QED) is 0.135. The number of fused-ring (bicyclic) bond motifs is 2. The van der Waals surface area contributed by atoms with Crippen LogP contribution in [-0.4, -0.2) is 18.7 Å². The predicted molar refractivity (Wildman–Crippen MR) is 248 cm³/mol. The van der Waals surface area contributed by atoms with Gasteiger partial charge in [-0.3, -0.25) is 0 Å². The minimum atomic E-state index is -2.65. The predicted octanol–water partition coefficient (Wildman–Crippen LogP) is 12.3. The van der Waals surface area contributed by atoms with E-state index in [1.807, 2.05) is 37.0 Å². The molecule has 2 heterocycles. The van der Waals surface area contributed by atoms with Crippen molar-refractivity contribution in [3.05, 3.63) is 197 Å². The molecule has 0 bridgehead atoms. The van der Waals surface area contributed by atoms with Crippen molar-refractivity contribution >= 4 is 68.6 Å². The third-order valence-electron chi connectivity index (χ3n) is 11.1. The van der Waals surface area contributed by atoms with Crippen LogP contribution in [0.2, 0.25) is 0 Å². The van der Waals surface area contributed by atoms with Crippen LogP contribution >= 0.6 is 19.0 Å². The molecule has 2 aromatic heterocycles. The molecule has 9 rings (SSSR count). The first-order valence-electron chi connectivity index (χ1n) is 19.9. The summed E-state index contributed by atoms with van der Waals surface area (Å²) in [6.07, 6.45) is 12.1. The van der Waals surface area contributed by atoms with E-state index in [1.54, 1.807) is 0 Å². The average Bonchev–Trinajstić information content (AvgIpc) is 3.99. The van der Waals surface area contributed by atoms with Crippen molar-refractivity contribution in [1.82, 2.24) is 18.7 Å². The first kappa shape index (κ1) is 38.8. The number of hydrogen-bond acceptors (Lipinski definition) is 5. The zero-order valence-electron chi connectivity index (χ0n) is 32.9. The molecule has 0 spiro atoms. The molecule has 0 saturated heterocycles. The number of allylic oxidation sites excluding steroid dienone is 7. The van der Waals surface area contributed by atoms with Gasteiger partial charge in [0, 0.05) is 0 Å². The van der Waals surface area contributed by atoms with E-state index in [0.717, 1.165) is 85.9 Å². The van der Waals surface area contributed by atoms with Gasteiger partial charge in [-0.25, -0.2) is 0 Å². The van der Waals surface area contributed by atoms with E-state index in [4.69, 9.17) is 18.7 Å². The Balaban J connectivity index is 1.54. The zero-order chi connectivity index (χ0) is 40.2. The van der Waals surface area contributed by atoms with Gasteiger partial charge < -0.3 is 0 Å². The van der Waals surface area contributed by atoms with Crippen LogP contribution in [-0.2, 0) is 17.9 Å². The molecular weight excluding hydrogens is 934 g/mol. The molecule has 8 aromatic rings. The summed E-state index contributed by atoms with van der Waals surface area (Å²) in [7, 11) is -2.65. The van der Waals surface area contributed by atoms with E-state index in [1.165, 1.54) is 38.8 Å². The Bertz CT molecular complexity index is 2870. The number of benzene rings is 6. The van der Waals surface area contributed by atoms with Gasteiger partial charge in [0.05, 0.1) is 0 Å². The molecule has 0 aliphatic heterocycles. The molecule has 1 aliphatic rings. The fourth-order valence-corrected chi connectivity index (χ4v) is 14.9. The second-order valence-electron chi connectivity index (χ2n) is 14.5. The van der Waals surface area contributed by atoms with Crippen LogP contribution in [0.4, 0.5) is 0 Å². The molecule has 0 radical (unpaired) electrons. The topological polar surface area (TPSA) is 51.6 Å². The third kappa shape index (κ3) is 7.02. The minimum absolute atomic E-state index is 0.798. The Morgan fingerprint density at radius 2 is 1.07 bits per heavy atom. The molecular formula is C52H41N4OsPS+. The average molecular weight is 975 g/mol. The third-order valence-corrected chi connectivity index (χ3v) is 17.0. The molecule has 0 unspecified atom stereocenters. The van der Waals surface area contributed by atoms with Crippen molar-refractivity contribution in [3.63, 3.8) is 0 Å². The van der Waals surface area contributed by atoms with Crippen LogP contribution in [0.1, 0.15) is 44.2 Å². The number of hydrogen-bond donors (Lipinski definition) is 0. The molecule has 1 aliphatic carbocycles. The van der Waals surface area contributed by atoms with Gasteiger partial charge in [-0.2, -0.15) is 0 Å². The van der Waals surface area contributed by atoms with Crippen molar-refractivity contribution in [2.75, 3.05) is 0 Å². The summed E-state index contributed by atoms with van der Waals surface area (Å²) in [5, 5.41) is 4.90. The normalized spacial score (nSPS) is 15.0. The Kier molecular flexibility index (Phi) is 11.3.